The van der Waals surface area contributed by atoms with Crippen molar-refractivity contribution in [3.8, 4) is 11.5 Å². The van der Waals surface area contributed by atoms with Crippen LogP contribution in [0.2, 0.25) is 0 Å². The van der Waals surface area contributed by atoms with Gasteiger partial charge in [0.1, 0.15) is 24.1 Å². The Morgan fingerprint density at radius 1 is 0.932 bits per heavy atom. The fourth-order valence-corrected chi connectivity index (χ4v) is 7.10. The Morgan fingerprint density at radius 2 is 1.66 bits per heavy atom. The molecule has 1 fully saturated rings. The van der Waals surface area contributed by atoms with Crippen LogP contribution in [0, 0.1) is 6.92 Å². The van der Waals surface area contributed by atoms with E-state index in [0.29, 0.717) is 17.9 Å². The van der Waals surface area contributed by atoms with Gasteiger partial charge < -0.3 is 19.7 Å². The smallest absolute Gasteiger partial charge is 0.264 e. The van der Waals surface area contributed by atoms with Crippen LogP contribution in [-0.4, -0.2) is 58.0 Å². The van der Waals surface area contributed by atoms with E-state index < -0.39 is 28.5 Å². The number of sulfonamides is 1. The van der Waals surface area contributed by atoms with Crippen LogP contribution < -0.4 is 19.1 Å². The second-order valence-electron chi connectivity index (χ2n) is 11.1. The maximum Gasteiger partial charge on any atom is 0.264 e. The van der Waals surface area contributed by atoms with Gasteiger partial charge in [-0.15, -0.1) is 0 Å². The molecule has 9 nitrogen and oxygen atoms in total. The molecule has 1 atom stereocenters. The van der Waals surface area contributed by atoms with Crippen LogP contribution in [0.5, 0.6) is 11.5 Å². The van der Waals surface area contributed by atoms with Gasteiger partial charge in [-0.3, -0.25) is 13.9 Å². The van der Waals surface area contributed by atoms with Gasteiger partial charge in [-0.05, 0) is 73.7 Å². The molecule has 10 heteroatoms. The van der Waals surface area contributed by atoms with E-state index in [9.17, 15) is 18.0 Å². The SMILES string of the molecule is CC[C@@H](C(=O)NC1CCCCC1)N(Cc1cccc(OC)c1)C(=O)CN(c1cc(C)ccc1OC)S(=O)(=O)c1ccccc1. The van der Waals surface area contributed by atoms with E-state index in [1.807, 2.05) is 38.1 Å². The number of ether oxygens (including phenoxy) is 2. The maximum absolute atomic E-state index is 14.4. The van der Waals surface area contributed by atoms with Gasteiger partial charge in [0.25, 0.3) is 10.0 Å². The minimum absolute atomic E-state index is 0.0396. The van der Waals surface area contributed by atoms with Gasteiger partial charge in [0, 0.05) is 12.6 Å². The van der Waals surface area contributed by atoms with Crippen molar-refractivity contribution in [3.63, 3.8) is 0 Å². The first kappa shape index (κ1) is 32.9. The Kier molecular flexibility index (Phi) is 11.3. The first-order valence-corrected chi connectivity index (χ1v) is 16.6. The van der Waals surface area contributed by atoms with Gasteiger partial charge in [0.15, 0.2) is 0 Å². The van der Waals surface area contributed by atoms with Gasteiger partial charge >= 0.3 is 0 Å². The van der Waals surface area contributed by atoms with Crippen LogP contribution in [-0.2, 0) is 26.2 Å². The normalized spacial score (nSPS) is 14.4. The molecule has 1 aliphatic rings. The number of rotatable bonds is 13. The molecule has 0 radical (unpaired) electrons. The summed E-state index contributed by atoms with van der Waals surface area (Å²) in [5.41, 5.74) is 1.80. The van der Waals surface area contributed by atoms with Crippen molar-refractivity contribution in [1.82, 2.24) is 10.2 Å². The summed E-state index contributed by atoms with van der Waals surface area (Å²) in [6, 6.07) is 19.7. The average molecular weight is 622 g/mol. The number of aryl methyl sites for hydroxylation is 1. The maximum atomic E-state index is 14.4. The Hall–Kier alpha value is -4.05. The van der Waals surface area contributed by atoms with E-state index >= 15 is 0 Å². The van der Waals surface area contributed by atoms with Crippen molar-refractivity contribution in [1.29, 1.82) is 0 Å². The largest absolute Gasteiger partial charge is 0.497 e. The number of hydrogen-bond acceptors (Lipinski definition) is 6. The highest BCUT2D eigenvalue weighted by Gasteiger charge is 2.35. The lowest BCUT2D eigenvalue weighted by Gasteiger charge is -2.34. The fraction of sp³-hybridized carbons (Fsp3) is 0.412. The highest BCUT2D eigenvalue weighted by atomic mass is 32.2. The molecule has 0 unspecified atom stereocenters. The van der Waals surface area contributed by atoms with E-state index in [1.165, 1.54) is 24.1 Å². The molecule has 0 spiro atoms. The summed E-state index contributed by atoms with van der Waals surface area (Å²) in [4.78, 5) is 29.7. The van der Waals surface area contributed by atoms with Gasteiger partial charge in [-0.2, -0.15) is 0 Å². The quantitative estimate of drug-likeness (QED) is 0.272. The number of benzene rings is 3. The van der Waals surface area contributed by atoms with Crippen molar-refractivity contribution in [2.45, 2.75) is 75.9 Å². The molecule has 1 N–H and O–H groups in total. The minimum Gasteiger partial charge on any atom is -0.497 e. The molecule has 4 rings (SSSR count). The first-order chi connectivity index (χ1) is 21.2. The van der Waals surface area contributed by atoms with Crippen molar-refractivity contribution >= 4 is 27.5 Å². The van der Waals surface area contributed by atoms with Crippen LogP contribution in [0.4, 0.5) is 5.69 Å². The Balaban J connectivity index is 1.76. The third kappa shape index (κ3) is 7.91. The fourth-order valence-electron chi connectivity index (χ4n) is 5.66. The highest BCUT2D eigenvalue weighted by Crippen LogP contribution is 2.34. The summed E-state index contributed by atoms with van der Waals surface area (Å²) in [5, 5.41) is 3.17. The van der Waals surface area contributed by atoms with Gasteiger partial charge in [0.2, 0.25) is 11.8 Å². The van der Waals surface area contributed by atoms with Crippen molar-refractivity contribution in [3.05, 3.63) is 83.9 Å². The summed E-state index contributed by atoms with van der Waals surface area (Å²) >= 11 is 0. The number of hydrogen-bond donors (Lipinski definition) is 1. The number of nitrogens with one attached hydrogen (secondary N) is 1. The topological polar surface area (TPSA) is 105 Å². The van der Waals surface area contributed by atoms with Crippen molar-refractivity contribution in [2.75, 3.05) is 25.1 Å². The zero-order valence-electron chi connectivity index (χ0n) is 26.0. The molecule has 1 aliphatic carbocycles. The highest BCUT2D eigenvalue weighted by molar-refractivity contribution is 7.92. The molecule has 2 amide bonds. The van der Waals surface area contributed by atoms with Crippen molar-refractivity contribution < 1.29 is 27.5 Å². The predicted molar refractivity (Wildman–Crippen MR) is 171 cm³/mol. The second-order valence-corrected chi connectivity index (χ2v) is 13.0. The number of anilines is 1. The monoisotopic (exact) mass is 621 g/mol. The van der Waals surface area contributed by atoms with Gasteiger partial charge in [-0.25, -0.2) is 8.42 Å². The summed E-state index contributed by atoms with van der Waals surface area (Å²) < 4.78 is 40.3. The standard InChI is InChI=1S/C34H43N3O6S/c1-5-30(34(39)35-27-14-8-6-9-15-27)36(23-26-13-12-16-28(22-26)42-3)33(38)24-37(31-21-25(2)19-20-32(31)43-4)44(40,41)29-17-10-7-11-18-29/h7,10-13,16-22,27,30H,5-6,8-9,14-15,23-24H2,1-4H3,(H,35,39)/t30-/m0/s1. The molecule has 3 aromatic rings. The van der Waals surface area contributed by atoms with Crippen LogP contribution in [0.15, 0.2) is 77.7 Å². The van der Waals surface area contributed by atoms with Gasteiger partial charge in [0.05, 0.1) is 24.8 Å². The average Bonchev–Trinajstić information content (AvgIpc) is 3.04. The molecule has 3 aromatic carbocycles. The lowest BCUT2D eigenvalue weighted by molar-refractivity contribution is -0.140. The number of carbonyl (C=O) groups is 2. The van der Waals surface area contributed by atoms with Gasteiger partial charge in [-0.1, -0.05) is 62.6 Å². The van der Waals surface area contributed by atoms with Crippen LogP contribution >= 0.6 is 0 Å². The molecule has 44 heavy (non-hydrogen) atoms. The lowest BCUT2D eigenvalue weighted by atomic mass is 9.95. The third-order valence-corrected chi connectivity index (χ3v) is 9.81. The zero-order valence-corrected chi connectivity index (χ0v) is 26.8. The number of methoxy groups -OCH3 is 2. The molecule has 0 bridgehead atoms. The van der Waals surface area contributed by atoms with E-state index in [4.69, 9.17) is 9.47 Å². The second kappa shape index (κ2) is 15.1. The van der Waals surface area contributed by atoms with E-state index in [-0.39, 0.29) is 29.1 Å². The van der Waals surface area contributed by atoms with Crippen molar-refractivity contribution in [2.24, 2.45) is 0 Å². The Morgan fingerprint density at radius 3 is 2.32 bits per heavy atom. The molecule has 0 aromatic heterocycles. The number of carbonyl (C=O) groups excluding carboxylic acids is 2. The molecular weight excluding hydrogens is 578 g/mol. The summed E-state index contributed by atoms with van der Waals surface area (Å²) in [7, 11) is -1.18. The third-order valence-electron chi connectivity index (χ3n) is 8.04. The van der Waals surface area contributed by atoms with E-state index in [0.717, 1.165) is 47.5 Å². The number of nitrogens with zero attached hydrogens (tertiary/aromatic N) is 2. The van der Waals surface area contributed by atoms with Crippen LogP contribution in [0.25, 0.3) is 0 Å². The Labute approximate surface area is 261 Å². The van der Waals surface area contributed by atoms with E-state index in [2.05, 4.69) is 5.32 Å². The molecule has 236 valence electrons. The molecule has 0 saturated heterocycles. The molecular formula is C34H43N3O6S. The van der Waals surface area contributed by atoms with E-state index in [1.54, 1.807) is 43.5 Å². The summed E-state index contributed by atoms with van der Waals surface area (Å²) in [6.45, 7) is 3.26. The number of amides is 2. The Bertz CT molecular complexity index is 1520. The lowest BCUT2D eigenvalue weighted by Crippen LogP contribution is -2.54. The minimum atomic E-state index is -4.21. The predicted octanol–water partition coefficient (Wildman–Crippen LogP) is 5.46. The molecule has 0 aliphatic heterocycles. The molecule has 1 saturated carbocycles. The first-order valence-electron chi connectivity index (χ1n) is 15.1. The van der Waals surface area contributed by atoms with Crippen LogP contribution in [0.3, 0.4) is 0 Å². The summed E-state index contributed by atoms with van der Waals surface area (Å²) in [6.07, 6.45) is 5.42. The summed E-state index contributed by atoms with van der Waals surface area (Å²) in [5.74, 6) is 0.180. The van der Waals surface area contributed by atoms with Crippen LogP contribution in [0.1, 0.15) is 56.6 Å². The molecule has 0 heterocycles. The zero-order chi connectivity index (χ0) is 31.7.